The van der Waals surface area contributed by atoms with Crippen molar-refractivity contribution in [1.82, 2.24) is 20.0 Å². The van der Waals surface area contributed by atoms with Gasteiger partial charge in [-0.15, -0.1) is 0 Å². The summed E-state index contributed by atoms with van der Waals surface area (Å²) in [7, 11) is 0. The second kappa shape index (κ2) is 6.88. The lowest BCUT2D eigenvalue weighted by molar-refractivity contribution is -0.123. The van der Waals surface area contributed by atoms with Gasteiger partial charge in [0.1, 0.15) is 13.2 Å². The number of hydrogen-bond acceptors (Lipinski definition) is 5. The molecule has 1 aromatic heterocycles. The number of benzene rings is 1. The number of carbonyl (C=O) groups excluding carboxylic acids is 1. The number of hydrogen-bond donors (Lipinski definition) is 1. The molecule has 7 nitrogen and oxygen atoms in total. The first-order valence-corrected chi connectivity index (χ1v) is 9.64. The fraction of sp³-hybridized carbons (Fsp3) is 0.500. The van der Waals surface area contributed by atoms with Crippen molar-refractivity contribution in [3.8, 4) is 11.5 Å². The summed E-state index contributed by atoms with van der Waals surface area (Å²) in [6.07, 6.45) is 3.66. The maximum absolute atomic E-state index is 12.4. The van der Waals surface area contributed by atoms with Crippen molar-refractivity contribution in [2.75, 3.05) is 32.8 Å². The Kier molecular flexibility index (Phi) is 4.24. The Morgan fingerprint density at radius 3 is 2.78 bits per heavy atom. The van der Waals surface area contributed by atoms with Crippen LogP contribution in [-0.2, 0) is 17.9 Å². The minimum absolute atomic E-state index is 0.194. The molecule has 1 aliphatic carbocycles. The molecule has 0 bridgehead atoms. The van der Waals surface area contributed by atoms with E-state index in [0.29, 0.717) is 31.6 Å². The van der Waals surface area contributed by atoms with Crippen LogP contribution in [0.25, 0.3) is 0 Å². The number of aromatic nitrogens is 2. The molecule has 2 aromatic rings. The second-order valence-electron chi connectivity index (χ2n) is 7.59. The van der Waals surface area contributed by atoms with Crippen molar-refractivity contribution < 1.29 is 14.3 Å². The molecule has 1 saturated heterocycles. The van der Waals surface area contributed by atoms with Crippen LogP contribution < -0.4 is 14.8 Å². The molecule has 2 aliphatic heterocycles. The highest BCUT2D eigenvalue weighted by atomic mass is 16.6. The molecule has 0 spiro atoms. The van der Waals surface area contributed by atoms with Crippen LogP contribution in [0.4, 0.5) is 0 Å². The molecular weight excluding hydrogens is 344 g/mol. The summed E-state index contributed by atoms with van der Waals surface area (Å²) in [5.41, 5.74) is 1.24. The molecule has 1 aromatic carbocycles. The molecule has 7 heteroatoms. The minimum Gasteiger partial charge on any atom is -0.486 e. The third-order valence-corrected chi connectivity index (χ3v) is 5.78. The van der Waals surface area contributed by atoms with E-state index >= 15 is 0 Å². The molecule has 2 atom stereocenters. The van der Waals surface area contributed by atoms with E-state index in [-0.39, 0.29) is 11.8 Å². The minimum atomic E-state index is 0.194. The molecule has 1 amide bonds. The standard InChI is InChI=1S/C20H24N4O3/c25-20(21-5-7-24-6-1-4-22-24)19-15-12-23(13-16(15)19)11-14-2-3-17-18(10-14)27-9-8-26-17/h1-4,6,10,15-16,19H,5,7-9,11-13H2,(H,21,25). The van der Waals surface area contributed by atoms with Gasteiger partial charge in [-0.2, -0.15) is 5.10 Å². The number of carbonyl (C=O) groups is 1. The van der Waals surface area contributed by atoms with Crippen LogP contribution in [0.5, 0.6) is 11.5 Å². The van der Waals surface area contributed by atoms with Gasteiger partial charge in [-0.25, -0.2) is 0 Å². The number of likely N-dealkylation sites (tertiary alicyclic amines) is 1. The molecule has 2 fully saturated rings. The van der Waals surface area contributed by atoms with Crippen molar-refractivity contribution >= 4 is 5.91 Å². The van der Waals surface area contributed by atoms with Crippen LogP contribution in [0.1, 0.15) is 5.56 Å². The van der Waals surface area contributed by atoms with Crippen molar-refractivity contribution in [3.05, 3.63) is 42.2 Å². The first-order chi connectivity index (χ1) is 13.3. The average molecular weight is 368 g/mol. The lowest BCUT2D eigenvalue weighted by Gasteiger charge is -2.22. The number of fused-ring (bicyclic) bond motifs is 2. The maximum Gasteiger partial charge on any atom is 0.223 e. The number of amides is 1. The van der Waals surface area contributed by atoms with Crippen molar-refractivity contribution in [2.24, 2.45) is 17.8 Å². The van der Waals surface area contributed by atoms with Crippen LogP contribution in [0.2, 0.25) is 0 Å². The Balaban J connectivity index is 1.09. The fourth-order valence-electron chi connectivity index (χ4n) is 4.42. The van der Waals surface area contributed by atoms with E-state index in [1.165, 1.54) is 5.56 Å². The first kappa shape index (κ1) is 16.6. The van der Waals surface area contributed by atoms with Gasteiger partial charge in [0.15, 0.2) is 11.5 Å². The zero-order valence-electron chi connectivity index (χ0n) is 15.2. The molecule has 3 heterocycles. The van der Waals surface area contributed by atoms with E-state index in [1.807, 2.05) is 23.0 Å². The highest BCUT2D eigenvalue weighted by Crippen LogP contribution is 2.52. The zero-order chi connectivity index (χ0) is 18.2. The highest BCUT2D eigenvalue weighted by molar-refractivity contribution is 5.82. The summed E-state index contributed by atoms with van der Waals surface area (Å²) in [5, 5.41) is 7.21. The third kappa shape index (κ3) is 3.39. The smallest absolute Gasteiger partial charge is 0.223 e. The van der Waals surface area contributed by atoms with Crippen LogP contribution in [0, 0.1) is 17.8 Å². The largest absolute Gasteiger partial charge is 0.486 e. The van der Waals surface area contributed by atoms with Crippen LogP contribution in [0.15, 0.2) is 36.7 Å². The number of ether oxygens (including phenoxy) is 2. The van der Waals surface area contributed by atoms with Gasteiger partial charge in [-0.1, -0.05) is 6.07 Å². The van der Waals surface area contributed by atoms with Crippen LogP contribution in [0.3, 0.4) is 0 Å². The maximum atomic E-state index is 12.4. The molecule has 142 valence electrons. The van der Waals surface area contributed by atoms with E-state index in [4.69, 9.17) is 9.47 Å². The van der Waals surface area contributed by atoms with Gasteiger partial charge in [0, 0.05) is 44.5 Å². The number of piperidine rings is 1. The molecule has 1 saturated carbocycles. The predicted octanol–water partition coefficient (Wildman–Crippen LogP) is 1.15. The van der Waals surface area contributed by atoms with E-state index in [2.05, 4.69) is 27.4 Å². The van der Waals surface area contributed by atoms with Gasteiger partial charge < -0.3 is 14.8 Å². The topological polar surface area (TPSA) is 68.6 Å². The van der Waals surface area contributed by atoms with Crippen molar-refractivity contribution in [3.63, 3.8) is 0 Å². The predicted molar refractivity (Wildman–Crippen MR) is 98.4 cm³/mol. The summed E-state index contributed by atoms with van der Waals surface area (Å²) >= 11 is 0. The Bertz CT molecular complexity index is 811. The van der Waals surface area contributed by atoms with Crippen LogP contribution >= 0.6 is 0 Å². The van der Waals surface area contributed by atoms with E-state index in [0.717, 1.165) is 37.7 Å². The van der Waals surface area contributed by atoms with Gasteiger partial charge in [0.05, 0.1) is 6.54 Å². The number of rotatable bonds is 6. The van der Waals surface area contributed by atoms with Gasteiger partial charge >= 0.3 is 0 Å². The fourth-order valence-corrected chi connectivity index (χ4v) is 4.42. The average Bonchev–Trinajstić information content (AvgIpc) is 3.05. The molecule has 1 N–H and O–H groups in total. The highest BCUT2D eigenvalue weighted by Gasteiger charge is 2.58. The van der Waals surface area contributed by atoms with E-state index in [9.17, 15) is 4.79 Å². The number of nitrogens with zero attached hydrogens (tertiary/aromatic N) is 3. The summed E-state index contributed by atoms with van der Waals surface area (Å²) in [6, 6.07) is 8.08. The summed E-state index contributed by atoms with van der Waals surface area (Å²) in [5.74, 6) is 3.09. The molecule has 5 rings (SSSR count). The van der Waals surface area contributed by atoms with Gasteiger partial charge in [-0.3, -0.25) is 14.4 Å². The second-order valence-corrected chi connectivity index (χ2v) is 7.59. The van der Waals surface area contributed by atoms with E-state index < -0.39 is 0 Å². The Morgan fingerprint density at radius 1 is 1.19 bits per heavy atom. The van der Waals surface area contributed by atoms with Crippen LogP contribution in [-0.4, -0.2) is 53.4 Å². The quantitative estimate of drug-likeness (QED) is 0.828. The van der Waals surface area contributed by atoms with Gasteiger partial charge in [-0.05, 0) is 35.6 Å². The molecule has 2 unspecified atom stereocenters. The summed E-state index contributed by atoms with van der Waals surface area (Å²) in [4.78, 5) is 14.8. The van der Waals surface area contributed by atoms with Crippen molar-refractivity contribution in [1.29, 1.82) is 0 Å². The Labute approximate surface area is 158 Å². The molecular formula is C20H24N4O3. The molecule has 0 radical (unpaired) electrons. The summed E-state index contributed by atoms with van der Waals surface area (Å²) < 4.78 is 13.1. The Hall–Kier alpha value is -2.54. The third-order valence-electron chi connectivity index (χ3n) is 5.78. The normalized spacial score (nSPS) is 25.9. The van der Waals surface area contributed by atoms with Gasteiger partial charge in [0.25, 0.3) is 0 Å². The molecule has 3 aliphatic rings. The van der Waals surface area contributed by atoms with Gasteiger partial charge in [0.2, 0.25) is 5.91 Å². The number of nitrogens with one attached hydrogen (secondary N) is 1. The lowest BCUT2D eigenvalue weighted by Crippen LogP contribution is -2.33. The lowest BCUT2D eigenvalue weighted by atomic mass is 10.1. The van der Waals surface area contributed by atoms with E-state index in [1.54, 1.807) is 6.20 Å². The SMILES string of the molecule is O=C(NCCn1cccn1)C1C2CN(Cc3ccc4c(c3)OCCO4)CC21. The first-order valence-electron chi connectivity index (χ1n) is 9.64. The van der Waals surface area contributed by atoms with Crippen molar-refractivity contribution in [2.45, 2.75) is 13.1 Å². The zero-order valence-corrected chi connectivity index (χ0v) is 15.2. The Morgan fingerprint density at radius 2 is 2.00 bits per heavy atom. The monoisotopic (exact) mass is 368 g/mol. The molecule has 27 heavy (non-hydrogen) atoms. The summed E-state index contributed by atoms with van der Waals surface area (Å²) in [6.45, 7) is 5.48.